The quantitative estimate of drug-likeness (QED) is 0.672. The van der Waals surface area contributed by atoms with Crippen molar-refractivity contribution in [2.45, 2.75) is 39.5 Å². The molecular weight excluding hydrogens is 390 g/mol. The highest BCUT2D eigenvalue weighted by Crippen LogP contribution is 2.33. The number of rotatable bonds is 3. The van der Waals surface area contributed by atoms with E-state index >= 15 is 0 Å². The van der Waals surface area contributed by atoms with Gasteiger partial charge in [-0.3, -0.25) is 9.69 Å². The molecule has 3 aromatic rings. The lowest BCUT2D eigenvalue weighted by Gasteiger charge is -2.35. The molecule has 0 amide bonds. The van der Waals surface area contributed by atoms with Crippen molar-refractivity contribution in [2.75, 3.05) is 13.1 Å². The first-order valence-electron chi connectivity index (χ1n) is 9.76. The average molecular weight is 414 g/mol. The van der Waals surface area contributed by atoms with E-state index in [-0.39, 0.29) is 23.4 Å². The van der Waals surface area contributed by atoms with Crippen LogP contribution < -0.4 is 5.43 Å². The van der Waals surface area contributed by atoms with Crippen molar-refractivity contribution in [2.24, 2.45) is 0 Å². The Balaban J connectivity index is 1.84. The van der Waals surface area contributed by atoms with Crippen molar-refractivity contribution in [1.29, 1.82) is 0 Å². The monoisotopic (exact) mass is 413 g/mol. The molecule has 1 N–H and O–H groups in total. The van der Waals surface area contributed by atoms with Crippen molar-refractivity contribution in [3.8, 4) is 16.9 Å². The van der Waals surface area contributed by atoms with Gasteiger partial charge in [0.1, 0.15) is 17.1 Å². The van der Waals surface area contributed by atoms with Gasteiger partial charge in [-0.15, -0.1) is 0 Å². The van der Waals surface area contributed by atoms with Crippen molar-refractivity contribution < 1.29 is 14.3 Å². The number of hydrogen-bond acceptors (Lipinski definition) is 5. The second-order valence-electron chi connectivity index (χ2n) is 7.73. The van der Waals surface area contributed by atoms with Crippen LogP contribution in [-0.4, -0.2) is 35.3 Å². The van der Waals surface area contributed by atoms with Gasteiger partial charge in [-0.25, -0.2) is 0 Å². The third-order valence-corrected chi connectivity index (χ3v) is 5.66. The summed E-state index contributed by atoms with van der Waals surface area (Å²) in [4.78, 5) is 15.5. The Labute approximate surface area is 174 Å². The maximum absolute atomic E-state index is 13.3. The molecular formula is C23H24ClNO4. The number of ether oxygens (including phenoxy) is 1. The van der Waals surface area contributed by atoms with Crippen molar-refractivity contribution in [3.63, 3.8) is 0 Å². The summed E-state index contributed by atoms with van der Waals surface area (Å²) in [7, 11) is 0. The zero-order valence-corrected chi connectivity index (χ0v) is 17.5. The topological polar surface area (TPSA) is 62.9 Å². The summed E-state index contributed by atoms with van der Waals surface area (Å²) < 4.78 is 11.9. The number of nitrogens with zero attached hydrogens (tertiary/aromatic N) is 1. The fourth-order valence-corrected chi connectivity index (χ4v) is 4.41. The van der Waals surface area contributed by atoms with Crippen molar-refractivity contribution >= 4 is 22.6 Å². The Morgan fingerprint density at radius 3 is 2.52 bits per heavy atom. The lowest BCUT2D eigenvalue weighted by molar-refractivity contribution is -0.0705. The fourth-order valence-electron chi connectivity index (χ4n) is 4.18. The number of aryl methyl sites for hydroxylation is 1. The van der Waals surface area contributed by atoms with E-state index in [1.54, 1.807) is 25.1 Å². The number of phenolic OH excluding ortho intramolecular Hbond substituents is 1. The molecule has 0 bridgehead atoms. The molecule has 4 rings (SSSR count). The van der Waals surface area contributed by atoms with E-state index in [2.05, 4.69) is 4.90 Å². The molecule has 1 fully saturated rings. The number of halogens is 1. The summed E-state index contributed by atoms with van der Waals surface area (Å²) in [6, 6.07) is 10.4. The fraction of sp³-hybridized carbons (Fsp3) is 0.348. The summed E-state index contributed by atoms with van der Waals surface area (Å²) in [6.07, 6.45) is 0.216. The van der Waals surface area contributed by atoms with Gasteiger partial charge in [0.2, 0.25) is 5.43 Å². The van der Waals surface area contributed by atoms with E-state index in [9.17, 15) is 9.90 Å². The van der Waals surface area contributed by atoms with E-state index in [4.69, 9.17) is 20.8 Å². The SMILES string of the molecule is Cc1oc2c(CN3CC(C)OC(C)C3)c(O)ccc2c(=O)c1-c1ccccc1Cl. The van der Waals surface area contributed by atoms with Gasteiger partial charge in [0.05, 0.1) is 28.7 Å². The standard InChI is InChI=1S/C23H24ClNO4/c1-13-10-25(11-14(2)28-13)12-18-20(26)9-8-17-22(27)21(15(3)29-23(17)18)16-6-4-5-7-19(16)24/h4-9,13-14,26H,10-12H2,1-3H3. The Morgan fingerprint density at radius 2 is 1.83 bits per heavy atom. The molecule has 152 valence electrons. The van der Waals surface area contributed by atoms with Crippen molar-refractivity contribution in [1.82, 2.24) is 4.90 Å². The summed E-state index contributed by atoms with van der Waals surface area (Å²) in [5.74, 6) is 0.600. The minimum atomic E-state index is -0.151. The van der Waals surface area contributed by atoms with Gasteiger partial charge in [0.25, 0.3) is 0 Å². The second kappa shape index (κ2) is 7.82. The Bertz CT molecular complexity index is 1110. The highest BCUT2D eigenvalue weighted by molar-refractivity contribution is 6.33. The average Bonchev–Trinajstić information content (AvgIpc) is 2.65. The Morgan fingerprint density at radius 1 is 1.14 bits per heavy atom. The third-order valence-electron chi connectivity index (χ3n) is 5.33. The van der Waals surface area contributed by atoms with Crippen LogP contribution in [-0.2, 0) is 11.3 Å². The first-order valence-corrected chi connectivity index (χ1v) is 10.1. The molecule has 5 nitrogen and oxygen atoms in total. The Hall–Kier alpha value is -2.34. The summed E-state index contributed by atoms with van der Waals surface area (Å²) in [5, 5.41) is 11.5. The van der Waals surface area contributed by atoms with E-state index in [1.165, 1.54) is 0 Å². The van der Waals surface area contributed by atoms with Crippen LogP contribution in [0.3, 0.4) is 0 Å². The number of phenols is 1. The van der Waals surface area contributed by atoms with Gasteiger partial charge in [0, 0.05) is 30.2 Å². The molecule has 0 spiro atoms. The lowest BCUT2D eigenvalue weighted by atomic mass is 10.0. The van der Waals surface area contributed by atoms with Crippen LogP contribution in [0, 0.1) is 6.92 Å². The second-order valence-corrected chi connectivity index (χ2v) is 8.14. The van der Waals surface area contributed by atoms with Crippen LogP contribution in [0.5, 0.6) is 5.75 Å². The van der Waals surface area contributed by atoms with Crippen LogP contribution in [0.2, 0.25) is 5.02 Å². The number of aromatic hydroxyl groups is 1. The third kappa shape index (κ3) is 3.78. The normalized spacial score (nSPS) is 20.3. The maximum Gasteiger partial charge on any atom is 0.200 e. The highest BCUT2D eigenvalue weighted by Gasteiger charge is 2.25. The number of benzene rings is 2. The lowest BCUT2D eigenvalue weighted by Crippen LogP contribution is -2.44. The zero-order valence-electron chi connectivity index (χ0n) is 16.7. The smallest absolute Gasteiger partial charge is 0.200 e. The minimum absolute atomic E-state index is 0.108. The molecule has 0 aliphatic carbocycles. The molecule has 2 atom stereocenters. The Kier molecular flexibility index (Phi) is 5.38. The zero-order chi connectivity index (χ0) is 20.7. The summed E-state index contributed by atoms with van der Waals surface area (Å²) >= 11 is 6.33. The first kappa shape index (κ1) is 20.0. The molecule has 0 radical (unpaired) electrons. The maximum atomic E-state index is 13.3. The molecule has 2 aromatic carbocycles. The molecule has 1 aliphatic heterocycles. The van der Waals surface area contributed by atoms with Gasteiger partial charge in [-0.05, 0) is 39.0 Å². The predicted octanol–water partition coefficient (Wildman–Crippen LogP) is 4.74. The number of hydrogen-bond donors (Lipinski definition) is 1. The first-order chi connectivity index (χ1) is 13.8. The van der Waals surface area contributed by atoms with Crippen LogP contribution in [0.1, 0.15) is 25.2 Å². The van der Waals surface area contributed by atoms with Crippen LogP contribution in [0.4, 0.5) is 0 Å². The number of morpholine rings is 1. The predicted molar refractivity (Wildman–Crippen MR) is 115 cm³/mol. The van der Waals surface area contributed by atoms with Crippen LogP contribution in [0.15, 0.2) is 45.6 Å². The molecule has 2 heterocycles. The van der Waals surface area contributed by atoms with Gasteiger partial charge < -0.3 is 14.3 Å². The van der Waals surface area contributed by atoms with E-state index in [0.29, 0.717) is 45.0 Å². The van der Waals surface area contributed by atoms with Gasteiger partial charge >= 0.3 is 0 Å². The largest absolute Gasteiger partial charge is 0.507 e. The van der Waals surface area contributed by atoms with Gasteiger partial charge in [0.15, 0.2) is 0 Å². The number of fused-ring (bicyclic) bond motifs is 1. The molecule has 1 saturated heterocycles. The molecule has 1 aromatic heterocycles. The van der Waals surface area contributed by atoms with E-state index < -0.39 is 0 Å². The van der Waals surface area contributed by atoms with Crippen LogP contribution >= 0.6 is 11.6 Å². The molecule has 6 heteroatoms. The summed E-state index contributed by atoms with van der Waals surface area (Å²) in [5.41, 5.74) is 1.99. The molecule has 2 unspecified atom stereocenters. The van der Waals surface area contributed by atoms with Crippen molar-refractivity contribution in [3.05, 3.63) is 63.0 Å². The minimum Gasteiger partial charge on any atom is -0.507 e. The van der Waals surface area contributed by atoms with E-state index in [0.717, 1.165) is 13.1 Å². The van der Waals surface area contributed by atoms with E-state index in [1.807, 2.05) is 32.0 Å². The molecule has 29 heavy (non-hydrogen) atoms. The van der Waals surface area contributed by atoms with Gasteiger partial charge in [-0.1, -0.05) is 29.8 Å². The molecule has 0 saturated carbocycles. The van der Waals surface area contributed by atoms with Crippen LogP contribution in [0.25, 0.3) is 22.1 Å². The summed E-state index contributed by atoms with van der Waals surface area (Å²) in [6.45, 7) is 7.81. The van der Waals surface area contributed by atoms with Gasteiger partial charge in [-0.2, -0.15) is 0 Å². The highest BCUT2D eigenvalue weighted by atomic mass is 35.5. The molecule has 1 aliphatic rings.